The Labute approximate surface area is 395 Å². The highest BCUT2D eigenvalue weighted by Crippen LogP contribution is 2.45. The number of esters is 2. The molecule has 366 valence electrons. The van der Waals surface area contributed by atoms with Crippen LogP contribution in [-0.4, -0.2) is 154 Å². The van der Waals surface area contributed by atoms with Crippen LogP contribution in [0.2, 0.25) is 0 Å². The number of carbonyl (C=O) groups is 4. The van der Waals surface area contributed by atoms with Crippen LogP contribution < -0.4 is 5.32 Å². The molecule has 10 atom stereocenters. The van der Waals surface area contributed by atoms with Gasteiger partial charge in [-0.3, -0.25) is 14.4 Å². The predicted molar refractivity (Wildman–Crippen MR) is 244 cm³/mol. The van der Waals surface area contributed by atoms with Crippen molar-refractivity contribution in [2.24, 2.45) is 0 Å². The van der Waals surface area contributed by atoms with E-state index in [1.54, 1.807) is 63.3 Å². The normalized spacial score (nSPS) is 26.0. The summed E-state index contributed by atoms with van der Waals surface area (Å²) >= 11 is 0. The van der Waals surface area contributed by atoms with Crippen molar-refractivity contribution in [3.8, 4) is 0 Å². The van der Waals surface area contributed by atoms with Crippen LogP contribution in [0, 0.1) is 0 Å². The molecule has 0 saturated carbocycles. The quantitative estimate of drug-likeness (QED) is 0.107. The summed E-state index contributed by atoms with van der Waals surface area (Å²) in [6, 6.07) is 21.8. The Bertz CT molecular complexity index is 2290. The van der Waals surface area contributed by atoms with Gasteiger partial charge < -0.3 is 64.2 Å². The maximum Gasteiger partial charge on any atom is 0.338 e. The van der Waals surface area contributed by atoms with Gasteiger partial charge in [-0.2, -0.15) is 0 Å². The summed E-state index contributed by atoms with van der Waals surface area (Å²) in [5.74, 6) is -3.28. The molecule has 2 fully saturated rings. The third-order valence-electron chi connectivity index (χ3n) is 12.4. The van der Waals surface area contributed by atoms with Crippen LogP contribution in [0.1, 0.15) is 72.6 Å². The molecule has 4 aliphatic rings. The minimum atomic E-state index is -1.58. The molecule has 2 heterocycles. The zero-order chi connectivity index (χ0) is 48.8. The van der Waals surface area contributed by atoms with Gasteiger partial charge in [-0.05, 0) is 67.7 Å². The lowest BCUT2D eigenvalue weighted by Gasteiger charge is -2.39. The molecule has 3 aromatic rings. The van der Waals surface area contributed by atoms with E-state index in [2.05, 4.69) is 5.32 Å². The Morgan fingerprint density at radius 3 is 2.29 bits per heavy atom. The van der Waals surface area contributed by atoms with E-state index >= 15 is 0 Å². The van der Waals surface area contributed by atoms with E-state index < -0.39 is 109 Å². The van der Waals surface area contributed by atoms with Crippen molar-refractivity contribution >= 4 is 29.8 Å². The van der Waals surface area contributed by atoms with Gasteiger partial charge in [-0.25, -0.2) is 4.79 Å². The Hall–Kier alpha value is -5.34. The molecule has 2 aliphatic heterocycles. The highest BCUT2D eigenvalue weighted by atomic mass is 16.8. The first-order valence-electron chi connectivity index (χ1n) is 22.9. The number of ether oxygens (including phenoxy) is 6. The molecule has 3 aromatic carbocycles. The van der Waals surface area contributed by atoms with Crippen LogP contribution >= 0.6 is 0 Å². The minimum Gasteiger partial charge on any atom is -0.460 e. The Kier molecular flexibility index (Phi) is 16.3. The number of benzene rings is 3. The number of hydrogen-bond donors (Lipinski definition) is 6. The molecule has 0 unspecified atom stereocenters. The van der Waals surface area contributed by atoms with Crippen molar-refractivity contribution in [1.82, 2.24) is 10.2 Å². The zero-order valence-electron chi connectivity index (χ0n) is 38.6. The molecule has 68 heavy (non-hydrogen) atoms. The fourth-order valence-electron chi connectivity index (χ4n) is 8.97. The van der Waals surface area contributed by atoms with Crippen LogP contribution in [0.5, 0.6) is 0 Å². The molecule has 2 amide bonds. The second-order valence-corrected chi connectivity index (χ2v) is 18.7. The lowest BCUT2D eigenvalue weighted by atomic mass is 9.90. The number of aliphatic hydroxyl groups excluding tert-OH is 5. The van der Waals surface area contributed by atoms with Crippen molar-refractivity contribution in [2.75, 3.05) is 26.9 Å². The van der Waals surface area contributed by atoms with Gasteiger partial charge in [-0.1, -0.05) is 78.9 Å². The fourth-order valence-corrected chi connectivity index (χ4v) is 8.97. The van der Waals surface area contributed by atoms with Gasteiger partial charge in [0.2, 0.25) is 11.8 Å². The highest BCUT2D eigenvalue weighted by molar-refractivity contribution is 5.97. The molecular formula is C51H62N2O15. The van der Waals surface area contributed by atoms with E-state index in [0.717, 1.165) is 16.7 Å². The van der Waals surface area contributed by atoms with Crippen LogP contribution in [0.4, 0.5) is 0 Å². The number of likely N-dealkylation sites (N-methyl/N-ethyl adjacent to an activating group) is 1. The second-order valence-electron chi connectivity index (χ2n) is 18.7. The average molecular weight is 943 g/mol. The van der Waals surface area contributed by atoms with Gasteiger partial charge in [0.1, 0.15) is 54.4 Å². The lowest BCUT2D eigenvalue weighted by Crippen LogP contribution is -2.59. The van der Waals surface area contributed by atoms with Crippen LogP contribution in [0.15, 0.2) is 96.6 Å². The van der Waals surface area contributed by atoms with E-state index in [0.29, 0.717) is 18.4 Å². The summed E-state index contributed by atoms with van der Waals surface area (Å²) < 4.78 is 36.0. The molecular weight excluding hydrogens is 881 g/mol. The van der Waals surface area contributed by atoms with Crippen LogP contribution in [0.25, 0.3) is 6.08 Å². The molecule has 6 N–H and O–H groups in total. The van der Waals surface area contributed by atoms with Gasteiger partial charge in [0.25, 0.3) is 0 Å². The lowest BCUT2D eigenvalue weighted by molar-refractivity contribution is -0.298. The van der Waals surface area contributed by atoms with E-state index in [9.17, 15) is 44.7 Å². The highest BCUT2D eigenvalue weighted by Gasteiger charge is 2.55. The molecule has 17 nitrogen and oxygen atoms in total. The second kappa shape index (κ2) is 22.0. The Balaban J connectivity index is 1.08. The Morgan fingerprint density at radius 1 is 0.912 bits per heavy atom. The molecule has 17 heteroatoms. The van der Waals surface area contributed by atoms with E-state index in [1.165, 1.54) is 11.9 Å². The fraction of sp³-hybridized carbons (Fsp3) is 0.490. The number of nitrogens with one attached hydrogen (secondary N) is 1. The van der Waals surface area contributed by atoms with Gasteiger partial charge in [0.05, 0.1) is 31.4 Å². The number of rotatable bonds is 17. The van der Waals surface area contributed by atoms with Gasteiger partial charge in [0.15, 0.2) is 12.1 Å². The smallest absolute Gasteiger partial charge is 0.338 e. The van der Waals surface area contributed by atoms with E-state index in [4.69, 9.17) is 28.4 Å². The first-order chi connectivity index (χ1) is 32.5. The number of nitrogens with zero attached hydrogens (tertiary/aromatic N) is 1. The molecule has 0 aromatic heterocycles. The zero-order valence-corrected chi connectivity index (χ0v) is 38.6. The van der Waals surface area contributed by atoms with Crippen molar-refractivity contribution in [2.45, 2.75) is 132 Å². The molecule has 0 radical (unpaired) electrons. The van der Waals surface area contributed by atoms with E-state index in [1.807, 2.05) is 54.6 Å². The Morgan fingerprint density at radius 2 is 1.62 bits per heavy atom. The third kappa shape index (κ3) is 12.3. The molecule has 7 rings (SSSR count). The van der Waals surface area contributed by atoms with Gasteiger partial charge >= 0.3 is 11.9 Å². The minimum absolute atomic E-state index is 0.0461. The summed E-state index contributed by atoms with van der Waals surface area (Å²) in [6.07, 6.45) is -3.68. The molecule has 2 saturated heterocycles. The van der Waals surface area contributed by atoms with Gasteiger partial charge in [-0.15, -0.1) is 0 Å². The van der Waals surface area contributed by atoms with Crippen LogP contribution in [-0.2, 0) is 62.1 Å². The first-order valence-corrected chi connectivity index (χ1v) is 22.9. The van der Waals surface area contributed by atoms with Crippen molar-refractivity contribution in [1.29, 1.82) is 0 Å². The summed E-state index contributed by atoms with van der Waals surface area (Å²) in [5.41, 5.74) is 3.23. The maximum absolute atomic E-state index is 14.7. The largest absolute Gasteiger partial charge is 0.460 e. The summed E-state index contributed by atoms with van der Waals surface area (Å²) in [5, 5.41) is 53.0. The summed E-state index contributed by atoms with van der Waals surface area (Å²) in [7, 11) is 1.52. The van der Waals surface area contributed by atoms with Crippen molar-refractivity contribution in [3.63, 3.8) is 0 Å². The number of fused-ring (bicyclic) bond motifs is 2. The topological polar surface area (TPSA) is 240 Å². The SMILES string of the molecule is CN(C(=O)C1=C[C@H]2OC3(Cc4ccccc4C3)O[C@H]2[C@H](OC(=O)c2cccc(C=CCO[C@H]3O[C@H](CO)[C@H](O)[C@H](O)[C@H]3O)c2)C1)[C@H](Cc1ccccc1)C(=O)N[C@H](CO)CCC(=O)OC(C)(C)C. The molecule has 1 spiro atoms. The van der Waals surface area contributed by atoms with E-state index in [-0.39, 0.29) is 43.4 Å². The first kappa shape index (κ1) is 50.5. The molecule has 0 bridgehead atoms. The number of carbonyl (C=O) groups excluding carboxylic acids is 4. The monoisotopic (exact) mass is 942 g/mol. The van der Waals surface area contributed by atoms with Crippen molar-refractivity contribution < 1.29 is 73.1 Å². The maximum atomic E-state index is 14.7. The summed E-state index contributed by atoms with van der Waals surface area (Å²) in [4.78, 5) is 56.8. The third-order valence-corrected chi connectivity index (χ3v) is 12.4. The average Bonchev–Trinajstić information content (AvgIpc) is 3.87. The number of amides is 2. The predicted octanol–water partition coefficient (Wildman–Crippen LogP) is 2.32. The van der Waals surface area contributed by atoms with Gasteiger partial charge in [0, 0.05) is 44.7 Å². The standard InChI is InChI=1S/C51H62N2O15/c1-50(2,3)67-41(56)20-19-36(28-54)52-46(60)37(23-31-12-6-5-7-13-31)53(4)47(61)35-24-38(45-39(25-35)66-51(68-45)26-33-16-8-9-17-34(33)27-51)64-48(62)32-18-10-14-30(22-32)15-11-21-63-49-44(59)43(58)42(57)40(29-55)65-49/h5-18,22,25,36-40,42-45,49,54-55,57-59H,19-21,23-24,26-29H2,1-4H3,(H,52,60)/t36-,37+,38+,39+,40+,42-,43-,44+,45-,49-/m0/s1. The van der Waals surface area contributed by atoms with Crippen LogP contribution in [0.3, 0.4) is 0 Å². The van der Waals surface area contributed by atoms with Crippen molar-refractivity contribution in [3.05, 3.63) is 124 Å². The number of hydrogen-bond acceptors (Lipinski definition) is 15. The molecule has 2 aliphatic carbocycles. The number of aliphatic hydroxyl groups is 5. The summed E-state index contributed by atoms with van der Waals surface area (Å²) in [6.45, 7) is 4.13.